The van der Waals surface area contributed by atoms with E-state index in [1.165, 1.54) is 12.4 Å². The lowest BCUT2D eigenvalue weighted by Crippen LogP contribution is -2.37. The molecule has 1 atom stereocenters. The van der Waals surface area contributed by atoms with Gasteiger partial charge in [-0.25, -0.2) is 9.97 Å². The number of nitrogens with zero attached hydrogens (tertiary/aromatic N) is 4. The molecule has 4 aromatic rings. The number of rotatable bonds is 3. The van der Waals surface area contributed by atoms with E-state index >= 15 is 0 Å². The lowest BCUT2D eigenvalue weighted by molar-refractivity contribution is -0.116. The summed E-state index contributed by atoms with van der Waals surface area (Å²) in [5.74, 6) is 0.225. The van der Waals surface area contributed by atoms with Crippen molar-refractivity contribution in [3.8, 4) is 11.1 Å². The minimum absolute atomic E-state index is 0.163. The molecule has 3 aromatic heterocycles. The zero-order valence-corrected chi connectivity index (χ0v) is 16.5. The van der Waals surface area contributed by atoms with Gasteiger partial charge in [-0.2, -0.15) is 0 Å². The second kappa shape index (κ2) is 6.81. The van der Waals surface area contributed by atoms with Crippen LogP contribution in [0.3, 0.4) is 0 Å². The number of carbonyl (C=O) groups excluding carboxylic acids is 1. The van der Waals surface area contributed by atoms with Gasteiger partial charge in [0.1, 0.15) is 17.8 Å². The summed E-state index contributed by atoms with van der Waals surface area (Å²) in [5.41, 5.74) is 12.1. The number of pyridine rings is 1. The Morgan fingerprint density at radius 3 is 3.00 bits per heavy atom. The zero-order valence-electron chi connectivity index (χ0n) is 16.5. The van der Waals surface area contributed by atoms with Gasteiger partial charge in [-0.1, -0.05) is 24.8 Å². The first-order valence-electron chi connectivity index (χ1n) is 9.66. The number of hydrogen-bond donors (Lipinski definition) is 2. The summed E-state index contributed by atoms with van der Waals surface area (Å²) in [6.07, 6.45) is 6.60. The first-order valence-corrected chi connectivity index (χ1v) is 9.66. The summed E-state index contributed by atoms with van der Waals surface area (Å²) in [5, 5.41) is 4.82. The van der Waals surface area contributed by atoms with E-state index in [4.69, 9.17) is 5.73 Å². The molecular weight excluding hydrogens is 376 g/mol. The molecule has 1 aliphatic heterocycles. The van der Waals surface area contributed by atoms with Crippen molar-refractivity contribution >= 4 is 39.2 Å². The number of aromatic nitrogens is 4. The van der Waals surface area contributed by atoms with Crippen LogP contribution in [0, 0.1) is 0 Å². The van der Waals surface area contributed by atoms with E-state index in [0.717, 1.165) is 44.3 Å². The van der Waals surface area contributed by atoms with Gasteiger partial charge in [0.05, 0.1) is 22.6 Å². The summed E-state index contributed by atoms with van der Waals surface area (Å²) < 4.78 is 2.11. The second-order valence-corrected chi connectivity index (χ2v) is 7.37. The predicted molar refractivity (Wildman–Crippen MR) is 118 cm³/mol. The number of carbonyl (C=O) groups is 1. The molecule has 1 amide bonds. The molecule has 4 heterocycles. The minimum Gasteiger partial charge on any atom is -0.383 e. The van der Waals surface area contributed by atoms with Crippen LogP contribution < -0.4 is 11.1 Å². The van der Waals surface area contributed by atoms with Crippen molar-refractivity contribution in [2.75, 3.05) is 5.73 Å². The van der Waals surface area contributed by atoms with Crippen LogP contribution >= 0.6 is 0 Å². The average Bonchev–Trinajstić information content (AvgIpc) is 3.09. The van der Waals surface area contributed by atoms with Crippen molar-refractivity contribution in [3.63, 3.8) is 0 Å². The Bertz CT molecular complexity index is 1370. The Kier molecular flexibility index (Phi) is 4.10. The molecule has 0 unspecified atom stereocenters. The SMILES string of the molecule is C=CC(=O)N[C@H]1C=C(C)c2c(-c3ccc4ncccc4c3)c3c(N)ncnc3n2C1. The highest BCUT2D eigenvalue weighted by Gasteiger charge is 2.28. The molecule has 1 aliphatic rings. The summed E-state index contributed by atoms with van der Waals surface area (Å²) in [4.78, 5) is 25.0. The third kappa shape index (κ3) is 2.75. The van der Waals surface area contributed by atoms with Crippen molar-refractivity contribution in [2.24, 2.45) is 0 Å². The minimum atomic E-state index is -0.208. The highest BCUT2D eigenvalue weighted by molar-refractivity contribution is 6.07. The molecule has 0 saturated carbocycles. The predicted octanol–water partition coefficient (Wildman–Crippen LogP) is 3.32. The highest BCUT2D eigenvalue weighted by atomic mass is 16.1. The van der Waals surface area contributed by atoms with Gasteiger partial charge in [-0.15, -0.1) is 0 Å². The van der Waals surface area contributed by atoms with E-state index in [1.807, 2.05) is 25.1 Å². The monoisotopic (exact) mass is 396 g/mol. The highest BCUT2D eigenvalue weighted by Crippen LogP contribution is 2.42. The molecule has 1 aromatic carbocycles. The maximum Gasteiger partial charge on any atom is 0.243 e. The Labute approximate surface area is 173 Å². The van der Waals surface area contributed by atoms with E-state index in [-0.39, 0.29) is 11.9 Å². The van der Waals surface area contributed by atoms with Crippen molar-refractivity contribution < 1.29 is 4.79 Å². The van der Waals surface area contributed by atoms with E-state index in [9.17, 15) is 4.79 Å². The fourth-order valence-electron chi connectivity index (χ4n) is 4.25. The maximum atomic E-state index is 11.8. The van der Waals surface area contributed by atoms with Crippen LogP contribution in [0.15, 0.2) is 61.6 Å². The molecule has 0 aliphatic carbocycles. The smallest absolute Gasteiger partial charge is 0.243 e. The van der Waals surface area contributed by atoms with E-state index in [2.05, 4.69) is 49.6 Å². The van der Waals surface area contributed by atoms with Gasteiger partial charge in [0.2, 0.25) is 5.91 Å². The molecule has 0 radical (unpaired) electrons. The van der Waals surface area contributed by atoms with Gasteiger partial charge in [0, 0.05) is 23.7 Å². The molecule has 0 fully saturated rings. The number of hydrogen-bond acceptors (Lipinski definition) is 5. The molecule has 0 spiro atoms. The summed E-state index contributed by atoms with van der Waals surface area (Å²) in [7, 11) is 0. The third-order valence-electron chi connectivity index (χ3n) is 5.48. The normalized spacial score (nSPS) is 15.6. The van der Waals surface area contributed by atoms with Crippen LogP contribution in [-0.2, 0) is 11.3 Å². The average molecular weight is 396 g/mol. The lowest BCUT2D eigenvalue weighted by atomic mass is 9.96. The van der Waals surface area contributed by atoms with Crippen molar-refractivity contribution in [3.05, 3.63) is 67.3 Å². The van der Waals surface area contributed by atoms with Gasteiger partial charge in [-0.05, 0) is 42.3 Å². The molecular formula is C23H20N6O. The summed E-state index contributed by atoms with van der Waals surface area (Å²) in [6.45, 7) is 6.12. The van der Waals surface area contributed by atoms with Crippen molar-refractivity contribution in [1.82, 2.24) is 24.8 Å². The molecule has 0 bridgehead atoms. The van der Waals surface area contributed by atoms with Gasteiger partial charge in [0.25, 0.3) is 0 Å². The van der Waals surface area contributed by atoms with Gasteiger partial charge in [-0.3, -0.25) is 9.78 Å². The summed E-state index contributed by atoms with van der Waals surface area (Å²) >= 11 is 0. The molecule has 0 saturated heterocycles. The molecule has 3 N–H and O–H groups in total. The Balaban J connectivity index is 1.77. The van der Waals surface area contributed by atoms with E-state index in [0.29, 0.717) is 12.4 Å². The van der Waals surface area contributed by atoms with Crippen molar-refractivity contribution in [1.29, 1.82) is 0 Å². The van der Waals surface area contributed by atoms with Gasteiger partial charge in [0.15, 0.2) is 0 Å². The Morgan fingerprint density at radius 1 is 1.30 bits per heavy atom. The number of nitrogen functional groups attached to an aromatic ring is 1. The molecule has 148 valence electrons. The molecule has 5 rings (SSSR count). The fourth-order valence-corrected chi connectivity index (χ4v) is 4.25. The van der Waals surface area contributed by atoms with Crippen LogP contribution in [0.4, 0.5) is 5.82 Å². The van der Waals surface area contributed by atoms with Crippen LogP contribution in [0.25, 0.3) is 38.6 Å². The third-order valence-corrected chi connectivity index (χ3v) is 5.48. The largest absolute Gasteiger partial charge is 0.383 e. The zero-order chi connectivity index (χ0) is 20.8. The van der Waals surface area contributed by atoms with Gasteiger partial charge >= 0.3 is 0 Å². The quantitative estimate of drug-likeness (QED) is 0.518. The Morgan fingerprint density at radius 2 is 2.17 bits per heavy atom. The van der Waals surface area contributed by atoms with Crippen LogP contribution in [-0.4, -0.2) is 31.5 Å². The maximum absolute atomic E-state index is 11.8. The first-order chi connectivity index (χ1) is 14.6. The lowest BCUT2D eigenvalue weighted by Gasteiger charge is -2.24. The number of nitrogens with two attached hydrogens (primary N) is 1. The summed E-state index contributed by atoms with van der Waals surface area (Å²) in [6, 6.07) is 9.98. The molecule has 7 nitrogen and oxygen atoms in total. The standard InChI is InChI=1S/C23H20N6O/c1-3-18(30)28-16-9-13(2)21-19(15-6-7-17-14(10-15)5-4-8-25-17)20-22(24)26-12-27-23(20)29(21)11-16/h3-10,12,16H,1,11H2,2H3,(H,28,30)(H2,24,26,27)/t16-/m0/s1. The molecule has 7 heteroatoms. The van der Waals surface area contributed by atoms with Crippen molar-refractivity contribution in [2.45, 2.75) is 19.5 Å². The first kappa shape index (κ1) is 18.1. The number of benzene rings is 1. The van der Waals surface area contributed by atoms with E-state index < -0.39 is 0 Å². The number of nitrogens with one attached hydrogen (secondary N) is 1. The number of fused-ring (bicyclic) bond motifs is 4. The molecule has 30 heavy (non-hydrogen) atoms. The fraction of sp³-hybridized carbons (Fsp3) is 0.130. The number of allylic oxidation sites excluding steroid dienone is 1. The Hall–Kier alpha value is -4.00. The topological polar surface area (TPSA) is 98.7 Å². The van der Waals surface area contributed by atoms with Crippen LogP contribution in [0.2, 0.25) is 0 Å². The van der Waals surface area contributed by atoms with Gasteiger partial charge < -0.3 is 15.6 Å². The van der Waals surface area contributed by atoms with Crippen LogP contribution in [0.5, 0.6) is 0 Å². The van der Waals surface area contributed by atoms with Crippen LogP contribution in [0.1, 0.15) is 12.6 Å². The number of anilines is 1. The number of amides is 1. The van der Waals surface area contributed by atoms with E-state index in [1.54, 1.807) is 6.20 Å². The second-order valence-electron chi connectivity index (χ2n) is 7.37.